The fourth-order valence-electron chi connectivity index (χ4n) is 3.77. The van der Waals surface area contributed by atoms with Crippen molar-refractivity contribution in [1.82, 2.24) is 19.9 Å². The number of hydrogen-bond acceptors (Lipinski definition) is 5. The van der Waals surface area contributed by atoms with Gasteiger partial charge in [-0.05, 0) is 24.1 Å². The van der Waals surface area contributed by atoms with Gasteiger partial charge in [0, 0.05) is 30.6 Å². The zero-order valence-electron chi connectivity index (χ0n) is 15.5. The fraction of sp³-hybridized carbons (Fsp3) is 0.174. The predicted octanol–water partition coefficient (Wildman–Crippen LogP) is 4.33. The standard InChI is InChI=1S/C23H21N5/c1-2-6-17(7-3-1)14-28-11-10-20-22(15-28)25-16-26-23(20)27-19-12-18-8-4-5-9-21(18)24-13-19/h1-9,12-13,16H,10-11,14-15H2,(H,25,26,27). The van der Waals surface area contributed by atoms with Crippen molar-refractivity contribution >= 4 is 22.4 Å². The van der Waals surface area contributed by atoms with Crippen LogP contribution in [0, 0.1) is 0 Å². The zero-order chi connectivity index (χ0) is 18.8. The molecule has 1 N–H and O–H groups in total. The maximum atomic E-state index is 4.55. The van der Waals surface area contributed by atoms with E-state index in [1.165, 1.54) is 11.1 Å². The lowest BCUT2D eigenvalue weighted by Crippen LogP contribution is -2.31. The molecule has 2 aromatic carbocycles. The summed E-state index contributed by atoms with van der Waals surface area (Å²) >= 11 is 0. The van der Waals surface area contributed by atoms with Crippen LogP contribution in [0.2, 0.25) is 0 Å². The third kappa shape index (κ3) is 3.44. The van der Waals surface area contributed by atoms with Crippen LogP contribution < -0.4 is 5.32 Å². The second-order valence-corrected chi connectivity index (χ2v) is 7.14. The number of para-hydroxylation sites is 1. The first-order chi connectivity index (χ1) is 13.8. The highest BCUT2D eigenvalue weighted by atomic mass is 15.1. The van der Waals surface area contributed by atoms with E-state index in [4.69, 9.17) is 0 Å². The Kier molecular flexibility index (Phi) is 4.43. The van der Waals surface area contributed by atoms with Crippen LogP contribution in [0.4, 0.5) is 11.5 Å². The van der Waals surface area contributed by atoms with Crippen LogP contribution in [-0.4, -0.2) is 26.4 Å². The molecule has 0 saturated carbocycles. The Balaban J connectivity index is 1.37. The summed E-state index contributed by atoms with van der Waals surface area (Å²) in [5.74, 6) is 0.890. The molecule has 0 bridgehead atoms. The monoisotopic (exact) mass is 367 g/mol. The normalized spacial score (nSPS) is 14.0. The van der Waals surface area contributed by atoms with Gasteiger partial charge in [0.15, 0.2) is 0 Å². The first kappa shape index (κ1) is 16.8. The second-order valence-electron chi connectivity index (χ2n) is 7.14. The van der Waals surface area contributed by atoms with Crippen molar-refractivity contribution in [3.8, 4) is 0 Å². The minimum Gasteiger partial charge on any atom is -0.339 e. The number of rotatable bonds is 4. The number of fused-ring (bicyclic) bond motifs is 2. The molecule has 0 fully saturated rings. The van der Waals surface area contributed by atoms with E-state index in [2.05, 4.69) is 67.6 Å². The summed E-state index contributed by atoms with van der Waals surface area (Å²) < 4.78 is 0. The first-order valence-corrected chi connectivity index (χ1v) is 9.56. The summed E-state index contributed by atoms with van der Waals surface area (Å²) in [6.07, 6.45) is 4.45. The van der Waals surface area contributed by atoms with Gasteiger partial charge in [0.2, 0.25) is 0 Å². The van der Waals surface area contributed by atoms with Crippen LogP contribution in [0.25, 0.3) is 10.9 Å². The smallest absolute Gasteiger partial charge is 0.137 e. The molecular weight excluding hydrogens is 346 g/mol. The lowest BCUT2D eigenvalue weighted by molar-refractivity contribution is 0.241. The molecule has 1 aliphatic heterocycles. The van der Waals surface area contributed by atoms with Crippen LogP contribution in [0.3, 0.4) is 0 Å². The van der Waals surface area contributed by atoms with Crippen molar-refractivity contribution in [1.29, 1.82) is 0 Å². The maximum absolute atomic E-state index is 4.55. The molecule has 0 radical (unpaired) electrons. The number of hydrogen-bond donors (Lipinski definition) is 1. The molecule has 4 aromatic rings. The van der Waals surface area contributed by atoms with E-state index in [1.54, 1.807) is 6.33 Å². The van der Waals surface area contributed by atoms with E-state index in [0.717, 1.165) is 54.2 Å². The molecule has 0 saturated heterocycles. The molecule has 28 heavy (non-hydrogen) atoms. The van der Waals surface area contributed by atoms with Crippen LogP contribution in [-0.2, 0) is 19.5 Å². The number of anilines is 2. The molecule has 0 aliphatic carbocycles. The molecular formula is C23H21N5. The van der Waals surface area contributed by atoms with Gasteiger partial charge < -0.3 is 5.32 Å². The minimum absolute atomic E-state index is 0.845. The van der Waals surface area contributed by atoms with Crippen molar-refractivity contribution < 1.29 is 0 Å². The highest BCUT2D eigenvalue weighted by Gasteiger charge is 2.21. The number of nitrogens with zero attached hydrogens (tertiary/aromatic N) is 4. The lowest BCUT2D eigenvalue weighted by Gasteiger charge is -2.28. The summed E-state index contributed by atoms with van der Waals surface area (Å²) in [5.41, 5.74) is 5.59. The number of nitrogens with one attached hydrogen (secondary N) is 1. The average Bonchev–Trinajstić information content (AvgIpc) is 2.74. The fourth-order valence-corrected chi connectivity index (χ4v) is 3.77. The van der Waals surface area contributed by atoms with Crippen LogP contribution in [0.1, 0.15) is 16.8 Å². The molecule has 3 heterocycles. The Morgan fingerprint density at radius 2 is 1.79 bits per heavy atom. The Labute approximate surface area is 164 Å². The van der Waals surface area contributed by atoms with Gasteiger partial charge in [-0.3, -0.25) is 9.88 Å². The third-order valence-electron chi connectivity index (χ3n) is 5.19. The maximum Gasteiger partial charge on any atom is 0.137 e. The highest BCUT2D eigenvalue weighted by Crippen LogP contribution is 2.27. The van der Waals surface area contributed by atoms with Gasteiger partial charge >= 0.3 is 0 Å². The SMILES string of the molecule is c1ccc(CN2CCc3c(ncnc3Nc3cnc4ccccc4c3)C2)cc1. The third-order valence-corrected chi connectivity index (χ3v) is 5.19. The van der Waals surface area contributed by atoms with Gasteiger partial charge in [0.1, 0.15) is 12.1 Å². The predicted molar refractivity (Wildman–Crippen MR) is 111 cm³/mol. The molecule has 5 heteroatoms. The molecule has 2 aromatic heterocycles. The van der Waals surface area contributed by atoms with Gasteiger partial charge in [0.05, 0.1) is 23.1 Å². The molecule has 0 amide bonds. The van der Waals surface area contributed by atoms with Crippen molar-refractivity contribution in [2.24, 2.45) is 0 Å². The number of benzene rings is 2. The van der Waals surface area contributed by atoms with E-state index in [0.29, 0.717) is 0 Å². The van der Waals surface area contributed by atoms with Gasteiger partial charge in [-0.15, -0.1) is 0 Å². The Hall–Kier alpha value is -3.31. The van der Waals surface area contributed by atoms with E-state index in [1.807, 2.05) is 24.4 Å². The van der Waals surface area contributed by atoms with E-state index in [-0.39, 0.29) is 0 Å². The Morgan fingerprint density at radius 3 is 2.71 bits per heavy atom. The molecule has 5 rings (SSSR count). The summed E-state index contributed by atoms with van der Waals surface area (Å²) in [5, 5.41) is 4.57. The summed E-state index contributed by atoms with van der Waals surface area (Å²) in [4.78, 5) is 16.0. The molecule has 0 atom stereocenters. The van der Waals surface area contributed by atoms with Gasteiger partial charge in [-0.2, -0.15) is 0 Å². The van der Waals surface area contributed by atoms with Crippen molar-refractivity contribution in [3.05, 3.63) is 90.0 Å². The molecule has 1 aliphatic rings. The summed E-state index contributed by atoms with van der Waals surface area (Å²) in [6.45, 7) is 2.79. The van der Waals surface area contributed by atoms with E-state index >= 15 is 0 Å². The Bertz CT molecular complexity index is 1110. The number of aromatic nitrogens is 3. The summed E-state index contributed by atoms with van der Waals surface area (Å²) in [7, 11) is 0. The van der Waals surface area contributed by atoms with E-state index in [9.17, 15) is 0 Å². The van der Waals surface area contributed by atoms with Crippen molar-refractivity contribution in [2.75, 3.05) is 11.9 Å². The topological polar surface area (TPSA) is 53.9 Å². The van der Waals surface area contributed by atoms with Gasteiger partial charge in [0.25, 0.3) is 0 Å². The van der Waals surface area contributed by atoms with Gasteiger partial charge in [-0.1, -0.05) is 48.5 Å². The summed E-state index contributed by atoms with van der Waals surface area (Å²) in [6, 6.07) is 20.8. The molecule has 0 unspecified atom stereocenters. The van der Waals surface area contributed by atoms with E-state index < -0.39 is 0 Å². The van der Waals surface area contributed by atoms with Crippen molar-refractivity contribution in [3.63, 3.8) is 0 Å². The first-order valence-electron chi connectivity index (χ1n) is 9.56. The zero-order valence-corrected chi connectivity index (χ0v) is 15.5. The number of pyridine rings is 1. The molecule has 138 valence electrons. The van der Waals surface area contributed by atoms with Gasteiger partial charge in [-0.25, -0.2) is 9.97 Å². The minimum atomic E-state index is 0.845. The lowest BCUT2D eigenvalue weighted by atomic mass is 10.0. The van der Waals surface area contributed by atoms with Crippen molar-refractivity contribution in [2.45, 2.75) is 19.5 Å². The molecule has 5 nitrogen and oxygen atoms in total. The average molecular weight is 367 g/mol. The van der Waals surface area contributed by atoms with Crippen LogP contribution in [0.5, 0.6) is 0 Å². The highest BCUT2D eigenvalue weighted by molar-refractivity contribution is 5.82. The molecule has 0 spiro atoms. The van der Waals surface area contributed by atoms with Crippen LogP contribution >= 0.6 is 0 Å². The quantitative estimate of drug-likeness (QED) is 0.582. The largest absolute Gasteiger partial charge is 0.339 e. The second kappa shape index (κ2) is 7.37. The Morgan fingerprint density at radius 1 is 0.929 bits per heavy atom. The van der Waals surface area contributed by atoms with Crippen LogP contribution in [0.15, 0.2) is 73.2 Å².